The molecule has 154 valence electrons. The summed E-state index contributed by atoms with van der Waals surface area (Å²) in [6.07, 6.45) is 8.15. The normalized spacial score (nSPS) is 29.6. The van der Waals surface area contributed by atoms with Gasteiger partial charge in [0.15, 0.2) is 5.13 Å². The highest BCUT2D eigenvalue weighted by atomic mass is 35.5. The number of carbonyl (C=O) groups excluding carboxylic acids is 1. The van der Waals surface area contributed by atoms with E-state index in [1.807, 2.05) is 17.5 Å². The third kappa shape index (κ3) is 4.38. The second-order valence-corrected chi connectivity index (χ2v) is 10.4. The van der Waals surface area contributed by atoms with Crippen molar-refractivity contribution in [1.82, 2.24) is 10.3 Å². The molecule has 4 fully saturated rings. The topological polar surface area (TPSA) is 63.2 Å². The van der Waals surface area contributed by atoms with Crippen LogP contribution in [0.1, 0.15) is 44.2 Å². The zero-order valence-electron chi connectivity index (χ0n) is 16.3. The van der Waals surface area contributed by atoms with Crippen LogP contribution in [0.25, 0.3) is 0 Å². The van der Waals surface area contributed by atoms with E-state index in [0.29, 0.717) is 22.2 Å². The SMILES string of the molecule is O=C(NCC12CC3CC(CC(C3)C1)C2)Nc1nc(COc2ccc(Cl)cc2)cs1. The molecule has 0 spiro atoms. The molecule has 0 saturated heterocycles. The number of hydrogen-bond acceptors (Lipinski definition) is 4. The van der Waals surface area contributed by atoms with Gasteiger partial charge in [-0.2, -0.15) is 0 Å². The average molecular weight is 432 g/mol. The van der Waals surface area contributed by atoms with E-state index in [9.17, 15) is 4.79 Å². The van der Waals surface area contributed by atoms with Gasteiger partial charge in [0.05, 0.1) is 5.69 Å². The molecule has 2 N–H and O–H groups in total. The Labute approximate surface area is 180 Å². The van der Waals surface area contributed by atoms with Gasteiger partial charge in [-0.15, -0.1) is 11.3 Å². The first-order valence-electron chi connectivity index (χ1n) is 10.4. The first-order valence-corrected chi connectivity index (χ1v) is 11.7. The number of rotatable bonds is 6. The highest BCUT2D eigenvalue weighted by Crippen LogP contribution is 2.59. The number of nitrogens with one attached hydrogen (secondary N) is 2. The summed E-state index contributed by atoms with van der Waals surface area (Å²) in [5, 5.41) is 9.20. The molecule has 5 nitrogen and oxygen atoms in total. The summed E-state index contributed by atoms with van der Waals surface area (Å²) >= 11 is 7.30. The highest BCUT2D eigenvalue weighted by molar-refractivity contribution is 7.13. The van der Waals surface area contributed by atoms with Crippen LogP contribution in [0.2, 0.25) is 5.02 Å². The van der Waals surface area contributed by atoms with Gasteiger partial charge in [-0.1, -0.05) is 11.6 Å². The Balaban J connectivity index is 1.10. The van der Waals surface area contributed by atoms with E-state index in [2.05, 4.69) is 15.6 Å². The fraction of sp³-hybridized carbons (Fsp3) is 0.545. The number of carbonyl (C=O) groups is 1. The lowest BCUT2D eigenvalue weighted by Gasteiger charge is -2.56. The Morgan fingerprint density at radius 1 is 1.14 bits per heavy atom. The lowest BCUT2D eigenvalue weighted by Crippen LogP contribution is -2.51. The zero-order chi connectivity index (χ0) is 19.8. The van der Waals surface area contributed by atoms with Crippen LogP contribution < -0.4 is 15.4 Å². The molecule has 29 heavy (non-hydrogen) atoms. The van der Waals surface area contributed by atoms with Crippen molar-refractivity contribution in [2.45, 2.75) is 45.1 Å². The number of urea groups is 1. The maximum atomic E-state index is 12.4. The molecule has 0 atom stereocenters. The van der Waals surface area contributed by atoms with E-state index in [-0.39, 0.29) is 6.03 Å². The molecule has 2 aromatic rings. The van der Waals surface area contributed by atoms with Gasteiger partial charge in [-0.25, -0.2) is 9.78 Å². The third-order valence-corrected chi connectivity index (χ3v) is 7.82. The number of anilines is 1. The van der Waals surface area contributed by atoms with Crippen LogP contribution in [-0.4, -0.2) is 17.6 Å². The van der Waals surface area contributed by atoms with E-state index >= 15 is 0 Å². The smallest absolute Gasteiger partial charge is 0.321 e. The minimum absolute atomic E-state index is 0.153. The first-order chi connectivity index (χ1) is 14.1. The Bertz CT molecular complexity index is 847. The van der Waals surface area contributed by atoms with E-state index in [1.165, 1.54) is 49.9 Å². The summed E-state index contributed by atoms with van der Waals surface area (Å²) in [5.41, 5.74) is 1.13. The average Bonchev–Trinajstić information content (AvgIpc) is 3.12. The van der Waals surface area contributed by atoms with Crippen LogP contribution in [-0.2, 0) is 6.61 Å². The van der Waals surface area contributed by atoms with Crippen molar-refractivity contribution in [3.8, 4) is 5.75 Å². The molecule has 0 unspecified atom stereocenters. The van der Waals surface area contributed by atoms with Crippen LogP contribution in [0, 0.1) is 23.2 Å². The molecule has 4 aliphatic rings. The number of halogens is 1. The van der Waals surface area contributed by atoms with Crippen molar-refractivity contribution in [3.63, 3.8) is 0 Å². The predicted molar refractivity (Wildman–Crippen MR) is 116 cm³/mol. The molecular formula is C22H26ClN3O2S. The highest BCUT2D eigenvalue weighted by Gasteiger charge is 2.50. The molecule has 0 aliphatic heterocycles. The third-order valence-electron chi connectivity index (χ3n) is 6.76. The van der Waals surface area contributed by atoms with Gasteiger partial charge < -0.3 is 10.1 Å². The molecule has 1 heterocycles. The summed E-state index contributed by atoms with van der Waals surface area (Å²) in [4.78, 5) is 16.9. The predicted octanol–water partition coefficient (Wildman–Crippen LogP) is 5.71. The maximum Gasteiger partial charge on any atom is 0.321 e. The molecule has 4 saturated carbocycles. The number of benzene rings is 1. The summed E-state index contributed by atoms with van der Waals surface area (Å²) in [7, 11) is 0. The van der Waals surface area contributed by atoms with Crippen LogP contribution >= 0.6 is 22.9 Å². The van der Waals surface area contributed by atoms with Crippen molar-refractivity contribution in [2.75, 3.05) is 11.9 Å². The fourth-order valence-corrected chi connectivity index (χ4v) is 6.85. The monoisotopic (exact) mass is 431 g/mol. The van der Waals surface area contributed by atoms with Gasteiger partial charge in [0.1, 0.15) is 12.4 Å². The van der Waals surface area contributed by atoms with Crippen LogP contribution in [0.15, 0.2) is 29.6 Å². The Hall–Kier alpha value is -1.79. The lowest BCUT2D eigenvalue weighted by molar-refractivity contribution is -0.0496. The van der Waals surface area contributed by atoms with Crippen molar-refractivity contribution in [1.29, 1.82) is 0 Å². The molecular weight excluding hydrogens is 406 g/mol. The lowest BCUT2D eigenvalue weighted by atomic mass is 9.49. The van der Waals surface area contributed by atoms with E-state index in [1.54, 1.807) is 12.1 Å². The molecule has 1 aromatic heterocycles. The van der Waals surface area contributed by atoms with Crippen molar-refractivity contribution >= 4 is 34.1 Å². The molecule has 2 amide bonds. The Morgan fingerprint density at radius 2 is 1.79 bits per heavy atom. The number of amides is 2. The van der Waals surface area contributed by atoms with Crippen molar-refractivity contribution in [2.24, 2.45) is 23.2 Å². The summed E-state index contributed by atoms with van der Waals surface area (Å²) in [5.74, 6) is 3.43. The summed E-state index contributed by atoms with van der Waals surface area (Å²) in [6, 6.07) is 7.08. The summed E-state index contributed by atoms with van der Waals surface area (Å²) in [6.45, 7) is 1.15. The van der Waals surface area contributed by atoms with Crippen molar-refractivity contribution in [3.05, 3.63) is 40.4 Å². The largest absolute Gasteiger partial charge is 0.487 e. The van der Waals surface area contributed by atoms with Gasteiger partial charge in [-0.05, 0) is 86.0 Å². The Morgan fingerprint density at radius 3 is 2.45 bits per heavy atom. The van der Waals surface area contributed by atoms with Gasteiger partial charge >= 0.3 is 6.03 Å². The van der Waals surface area contributed by atoms with Gasteiger partial charge in [0, 0.05) is 16.9 Å². The number of ether oxygens (including phenoxy) is 1. The number of nitrogens with zero attached hydrogens (tertiary/aromatic N) is 1. The first kappa shape index (κ1) is 19.2. The number of aromatic nitrogens is 1. The zero-order valence-corrected chi connectivity index (χ0v) is 17.9. The standard InChI is InChI=1S/C22H26ClN3O2S/c23-17-1-3-19(4-2-17)28-11-18-12-29-21(25-18)26-20(27)24-13-22-8-14-5-15(9-22)7-16(6-14)10-22/h1-4,12,14-16H,5-11,13H2,(H2,24,25,26,27). The van der Waals surface area contributed by atoms with E-state index in [0.717, 1.165) is 35.7 Å². The van der Waals surface area contributed by atoms with Crippen LogP contribution in [0.5, 0.6) is 5.75 Å². The fourth-order valence-electron chi connectivity index (χ4n) is 6.03. The van der Waals surface area contributed by atoms with Crippen molar-refractivity contribution < 1.29 is 9.53 Å². The molecule has 7 heteroatoms. The van der Waals surface area contributed by atoms with Gasteiger partial charge in [0.25, 0.3) is 0 Å². The van der Waals surface area contributed by atoms with Gasteiger partial charge in [-0.3, -0.25) is 5.32 Å². The minimum Gasteiger partial charge on any atom is -0.487 e. The van der Waals surface area contributed by atoms with Crippen LogP contribution in [0.4, 0.5) is 9.93 Å². The van der Waals surface area contributed by atoms with Crippen LogP contribution in [0.3, 0.4) is 0 Å². The maximum absolute atomic E-state index is 12.4. The second-order valence-electron chi connectivity index (χ2n) is 9.11. The van der Waals surface area contributed by atoms with Gasteiger partial charge in [0.2, 0.25) is 0 Å². The minimum atomic E-state index is -0.153. The second kappa shape index (κ2) is 7.80. The molecule has 4 aliphatic carbocycles. The van der Waals surface area contributed by atoms with E-state index < -0.39 is 0 Å². The molecule has 1 aromatic carbocycles. The summed E-state index contributed by atoms with van der Waals surface area (Å²) < 4.78 is 5.71. The van der Waals surface area contributed by atoms with E-state index in [4.69, 9.17) is 16.3 Å². The molecule has 0 radical (unpaired) electrons. The molecule has 4 bridgehead atoms. The number of hydrogen-bond donors (Lipinski definition) is 2. The Kier molecular flexibility index (Phi) is 5.16. The number of thiazole rings is 1. The quantitative estimate of drug-likeness (QED) is 0.615. The molecule has 6 rings (SSSR count).